The molecule has 1 fully saturated rings. The van der Waals surface area contributed by atoms with Crippen LogP contribution in [0.3, 0.4) is 0 Å². The van der Waals surface area contributed by atoms with Crippen LogP contribution in [0, 0.1) is 0 Å². The summed E-state index contributed by atoms with van der Waals surface area (Å²) < 4.78 is 5.47. The number of rotatable bonds is 2. The molecule has 2 aromatic rings. The topological polar surface area (TPSA) is 45.7 Å². The number of anilines is 1. The second-order valence-corrected chi connectivity index (χ2v) is 7.69. The number of carbonyl (C=O) groups is 1. The molecule has 0 saturated carbocycles. The van der Waals surface area contributed by atoms with Gasteiger partial charge in [0.15, 0.2) is 0 Å². The van der Waals surface area contributed by atoms with Gasteiger partial charge in [0, 0.05) is 43.4 Å². The van der Waals surface area contributed by atoms with E-state index >= 15 is 0 Å². The maximum atomic E-state index is 12.2. The zero-order valence-corrected chi connectivity index (χ0v) is 15.5. The number of hydrogen-bond acceptors (Lipinski definition) is 4. The zero-order valence-electron chi connectivity index (χ0n) is 15.5. The molecule has 1 amide bonds. The Labute approximate surface area is 149 Å². The molecule has 1 aliphatic rings. The Kier molecular flexibility index (Phi) is 4.84. The smallest absolute Gasteiger partial charge is 0.410 e. The number of fused-ring (bicyclic) bond motifs is 1. The van der Waals surface area contributed by atoms with E-state index in [1.165, 1.54) is 5.69 Å². The second-order valence-electron chi connectivity index (χ2n) is 7.69. The van der Waals surface area contributed by atoms with Gasteiger partial charge >= 0.3 is 6.09 Å². The van der Waals surface area contributed by atoms with Crippen molar-refractivity contribution in [1.82, 2.24) is 9.88 Å². The molecule has 25 heavy (non-hydrogen) atoms. The van der Waals surface area contributed by atoms with Crippen LogP contribution >= 0.6 is 0 Å². The Morgan fingerprint density at radius 1 is 1.24 bits per heavy atom. The maximum Gasteiger partial charge on any atom is 0.410 e. The molecule has 134 valence electrons. The standard InChI is InChI=1S/C20H27N3O2/c1-20(2,3)25-19(24)23-12-9-16(10-13-23)22(4)17-8-7-15-6-5-11-21-18(15)14-17/h5-8,11,14,16H,9-10,12-13H2,1-4H3. The highest BCUT2D eigenvalue weighted by atomic mass is 16.6. The molecule has 2 heterocycles. The van der Waals surface area contributed by atoms with Gasteiger partial charge in [-0.3, -0.25) is 4.98 Å². The Morgan fingerprint density at radius 2 is 1.96 bits per heavy atom. The molecule has 1 aromatic carbocycles. The van der Waals surface area contributed by atoms with Crippen LogP contribution in [-0.4, -0.2) is 47.8 Å². The van der Waals surface area contributed by atoms with Gasteiger partial charge in [-0.1, -0.05) is 12.1 Å². The van der Waals surface area contributed by atoms with Crippen LogP contribution in [0.2, 0.25) is 0 Å². The number of likely N-dealkylation sites (tertiary alicyclic amines) is 1. The van der Waals surface area contributed by atoms with Crippen molar-refractivity contribution in [2.45, 2.75) is 45.3 Å². The van der Waals surface area contributed by atoms with Crippen molar-refractivity contribution < 1.29 is 9.53 Å². The van der Waals surface area contributed by atoms with Crippen LogP contribution in [0.15, 0.2) is 36.5 Å². The van der Waals surface area contributed by atoms with E-state index in [-0.39, 0.29) is 6.09 Å². The van der Waals surface area contributed by atoms with Gasteiger partial charge in [0.2, 0.25) is 0 Å². The van der Waals surface area contributed by atoms with E-state index < -0.39 is 5.60 Å². The van der Waals surface area contributed by atoms with Crippen molar-refractivity contribution in [1.29, 1.82) is 0 Å². The van der Waals surface area contributed by atoms with Crippen LogP contribution in [0.4, 0.5) is 10.5 Å². The van der Waals surface area contributed by atoms with Crippen molar-refractivity contribution >= 4 is 22.7 Å². The van der Waals surface area contributed by atoms with Gasteiger partial charge in [0.25, 0.3) is 0 Å². The van der Waals surface area contributed by atoms with E-state index in [0.717, 1.165) is 36.8 Å². The number of piperidine rings is 1. The molecule has 1 saturated heterocycles. The highest BCUT2D eigenvalue weighted by Crippen LogP contribution is 2.25. The molecule has 0 N–H and O–H groups in total. The SMILES string of the molecule is CN(c1ccc2cccnc2c1)C1CCN(C(=O)OC(C)(C)C)CC1. The van der Waals surface area contributed by atoms with Gasteiger partial charge in [-0.15, -0.1) is 0 Å². The van der Waals surface area contributed by atoms with E-state index in [1.54, 1.807) is 0 Å². The lowest BCUT2D eigenvalue weighted by molar-refractivity contribution is 0.0205. The van der Waals surface area contributed by atoms with E-state index in [2.05, 4.69) is 41.2 Å². The van der Waals surface area contributed by atoms with Crippen LogP contribution in [0.25, 0.3) is 10.9 Å². The Hall–Kier alpha value is -2.30. The first-order valence-corrected chi connectivity index (χ1v) is 8.89. The molecule has 0 aliphatic carbocycles. The molecule has 1 aromatic heterocycles. The summed E-state index contributed by atoms with van der Waals surface area (Å²) >= 11 is 0. The first kappa shape index (κ1) is 17.5. The summed E-state index contributed by atoms with van der Waals surface area (Å²) in [6.45, 7) is 7.17. The molecular formula is C20H27N3O2. The number of aromatic nitrogens is 1. The summed E-state index contributed by atoms with van der Waals surface area (Å²) in [5.41, 5.74) is 1.74. The van der Waals surface area contributed by atoms with Crippen molar-refractivity contribution in [2.75, 3.05) is 25.0 Å². The molecule has 0 unspecified atom stereocenters. The molecule has 5 nitrogen and oxygen atoms in total. The first-order valence-electron chi connectivity index (χ1n) is 8.89. The Morgan fingerprint density at radius 3 is 2.64 bits per heavy atom. The summed E-state index contributed by atoms with van der Waals surface area (Å²) in [7, 11) is 2.12. The largest absolute Gasteiger partial charge is 0.444 e. The van der Waals surface area contributed by atoms with Gasteiger partial charge in [-0.2, -0.15) is 0 Å². The fourth-order valence-corrected chi connectivity index (χ4v) is 3.25. The predicted octanol–water partition coefficient (Wildman–Crippen LogP) is 4.07. The predicted molar refractivity (Wildman–Crippen MR) is 101 cm³/mol. The summed E-state index contributed by atoms with van der Waals surface area (Å²) in [5, 5.41) is 1.15. The van der Waals surface area contributed by atoms with Crippen LogP contribution < -0.4 is 4.90 Å². The van der Waals surface area contributed by atoms with Crippen molar-refractivity contribution in [3.63, 3.8) is 0 Å². The van der Waals surface area contributed by atoms with Crippen molar-refractivity contribution in [3.05, 3.63) is 36.5 Å². The Bertz CT molecular complexity index is 746. The van der Waals surface area contributed by atoms with Crippen LogP contribution in [0.5, 0.6) is 0 Å². The van der Waals surface area contributed by atoms with E-state index in [9.17, 15) is 4.79 Å². The van der Waals surface area contributed by atoms with E-state index in [4.69, 9.17) is 4.74 Å². The molecule has 0 radical (unpaired) electrons. The third-order valence-corrected chi connectivity index (χ3v) is 4.66. The number of pyridine rings is 1. The monoisotopic (exact) mass is 341 g/mol. The molecule has 0 bridgehead atoms. The molecular weight excluding hydrogens is 314 g/mol. The molecule has 0 spiro atoms. The number of ether oxygens (including phenoxy) is 1. The highest BCUT2D eigenvalue weighted by Gasteiger charge is 2.28. The lowest BCUT2D eigenvalue weighted by Gasteiger charge is -2.38. The summed E-state index contributed by atoms with van der Waals surface area (Å²) in [5.74, 6) is 0. The number of benzene rings is 1. The quantitative estimate of drug-likeness (QED) is 0.826. The maximum absolute atomic E-state index is 12.2. The highest BCUT2D eigenvalue weighted by molar-refractivity contribution is 5.82. The van der Waals surface area contributed by atoms with E-state index in [0.29, 0.717) is 6.04 Å². The van der Waals surface area contributed by atoms with Crippen LogP contribution in [0.1, 0.15) is 33.6 Å². The average Bonchev–Trinajstić information content (AvgIpc) is 2.59. The van der Waals surface area contributed by atoms with E-state index in [1.807, 2.05) is 37.9 Å². The molecule has 1 aliphatic heterocycles. The van der Waals surface area contributed by atoms with Gasteiger partial charge < -0.3 is 14.5 Å². The number of nitrogens with zero attached hydrogens (tertiary/aromatic N) is 3. The lowest BCUT2D eigenvalue weighted by Crippen LogP contribution is -2.47. The number of carbonyl (C=O) groups excluding carboxylic acids is 1. The molecule has 0 atom stereocenters. The third kappa shape index (κ3) is 4.21. The van der Waals surface area contributed by atoms with Crippen molar-refractivity contribution in [2.24, 2.45) is 0 Å². The minimum Gasteiger partial charge on any atom is -0.444 e. The van der Waals surface area contributed by atoms with Gasteiger partial charge in [0.05, 0.1) is 5.52 Å². The Balaban J connectivity index is 1.62. The summed E-state index contributed by atoms with van der Waals surface area (Å²) in [6.07, 6.45) is 3.50. The summed E-state index contributed by atoms with van der Waals surface area (Å²) in [6, 6.07) is 10.8. The fraction of sp³-hybridized carbons (Fsp3) is 0.500. The first-order chi connectivity index (χ1) is 11.8. The zero-order chi connectivity index (χ0) is 18.0. The molecule has 3 rings (SSSR count). The van der Waals surface area contributed by atoms with Gasteiger partial charge in [-0.25, -0.2) is 4.79 Å². The summed E-state index contributed by atoms with van der Waals surface area (Å²) in [4.78, 5) is 20.8. The second kappa shape index (κ2) is 6.90. The molecule has 5 heteroatoms. The fourth-order valence-electron chi connectivity index (χ4n) is 3.25. The lowest BCUT2D eigenvalue weighted by atomic mass is 10.0. The van der Waals surface area contributed by atoms with Gasteiger partial charge in [0.1, 0.15) is 5.60 Å². The van der Waals surface area contributed by atoms with Gasteiger partial charge in [-0.05, 0) is 51.8 Å². The van der Waals surface area contributed by atoms with Crippen LogP contribution in [-0.2, 0) is 4.74 Å². The number of hydrogen-bond donors (Lipinski definition) is 0. The normalized spacial score (nSPS) is 16.1. The minimum atomic E-state index is -0.442. The number of amides is 1. The van der Waals surface area contributed by atoms with Crippen molar-refractivity contribution in [3.8, 4) is 0 Å². The minimum absolute atomic E-state index is 0.205. The third-order valence-electron chi connectivity index (χ3n) is 4.66. The average molecular weight is 341 g/mol.